The fraction of sp³-hybridized carbons (Fsp3) is 0.917. The Balaban J connectivity index is 2.28. The molecule has 1 aliphatic rings. The van der Waals surface area contributed by atoms with Crippen LogP contribution < -0.4 is 5.32 Å². The van der Waals surface area contributed by atoms with Crippen LogP contribution in [0.4, 0.5) is 4.79 Å². The molecule has 1 saturated heterocycles. The molecule has 1 aliphatic heterocycles. The van der Waals surface area contributed by atoms with E-state index in [0.717, 1.165) is 32.4 Å². The molecule has 5 heteroatoms. The Labute approximate surface area is 104 Å². The third-order valence-corrected chi connectivity index (χ3v) is 3.23. The number of hydrogen-bond donors (Lipinski definition) is 2. The topological polar surface area (TPSA) is 55.8 Å². The second-order valence-corrected chi connectivity index (χ2v) is 5.02. The molecule has 0 aromatic carbocycles. The molecule has 1 atom stereocenters. The number of carbonyl (C=O) groups excluding carboxylic acids is 1. The molecule has 1 fully saturated rings. The van der Waals surface area contributed by atoms with Crippen LogP contribution >= 0.6 is 0 Å². The highest BCUT2D eigenvalue weighted by atomic mass is 16.3. The number of amides is 2. The van der Waals surface area contributed by atoms with Crippen molar-refractivity contribution in [2.75, 3.05) is 33.8 Å². The molecular weight excluding hydrogens is 218 g/mol. The first-order chi connectivity index (χ1) is 8.04. The van der Waals surface area contributed by atoms with Gasteiger partial charge in [0.1, 0.15) is 0 Å². The highest BCUT2D eigenvalue weighted by Crippen LogP contribution is 2.12. The number of aliphatic hydroxyl groups excluding tert-OH is 1. The summed E-state index contributed by atoms with van der Waals surface area (Å²) < 4.78 is 0. The minimum Gasteiger partial charge on any atom is -0.396 e. The van der Waals surface area contributed by atoms with E-state index in [1.807, 2.05) is 4.90 Å². The Morgan fingerprint density at radius 2 is 2.06 bits per heavy atom. The number of likely N-dealkylation sites (tertiary alicyclic amines) is 1. The van der Waals surface area contributed by atoms with Gasteiger partial charge in [0.2, 0.25) is 0 Å². The predicted molar refractivity (Wildman–Crippen MR) is 68.0 cm³/mol. The maximum atomic E-state index is 11.7. The van der Waals surface area contributed by atoms with Crippen LogP contribution in [0.2, 0.25) is 0 Å². The zero-order valence-corrected chi connectivity index (χ0v) is 11.1. The number of aliphatic hydroxyl groups is 1. The van der Waals surface area contributed by atoms with Crippen LogP contribution in [-0.2, 0) is 0 Å². The lowest BCUT2D eigenvalue weighted by Gasteiger charge is -2.35. The van der Waals surface area contributed by atoms with Crippen molar-refractivity contribution in [3.8, 4) is 0 Å². The van der Waals surface area contributed by atoms with E-state index in [1.165, 1.54) is 0 Å². The molecule has 0 bridgehead atoms. The molecule has 0 aliphatic carbocycles. The van der Waals surface area contributed by atoms with Gasteiger partial charge in [-0.2, -0.15) is 0 Å². The molecule has 1 heterocycles. The van der Waals surface area contributed by atoms with E-state index in [9.17, 15) is 4.79 Å². The zero-order valence-electron chi connectivity index (χ0n) is 11.1. The quantitative estimate of drug-likeness (QED) is 0.755. The van der Waals surface area contributed by atoms with Crippen molar-refractivity contribution < 1.29 is 9.90 Å². The number of nitrogens with one attached hydrogen (secondary N) is 1. The number of nitrogens with zero attached hydrogens (tertiary/aromatic N) is 2. The van der Waals surface area contributed by atoms with Gasteiger partial charge in [-0.3, -0.25) is 0 Å². The molecule has 0 saturated carbocycles. The Kier molecular flexibility index (Phi) is 5.71. The third kappa shape index (κ3) is 4.52. The predicted octanol–water partition coefficient (Wildman–Crippen LogP) is 0.493. The lowest BCUT2D eigenvalue weighted by atomic mass is 10.0. The van der Waals surface area contributed by atoms with Gasteiger partial charge >= 0.3 is 6.03 Å². The first-order valence-electron chi connectivity index (χ1n) is 6.37. The van der Waals surface area contributed by atoms with Crippen molar-refractivity contribution in [2.24, 2.45) is 0 Å². The average Bonchev–Trinajstić information content (AvgIpc) is 2.29. The summed E-state index contributed by atoms with van der Waals surface area (Å²) in [6.07, 6.45) is 2.78. The van der Waals surface area contributed by atoms with Crippen LogP contribution in [0.25, 0.3) is 0 Å². The molecule has 1 unspecified atom stereocenters. The van der Waals surface area contributed by atoms with Gasteiger partial charge in [-0.25, -0.2) is 4.79 Å². The Hall–Kier alpha value is -0.810. The largest absolute Gasteiger partial charge is 0.396 e. The summed E-state index contributed by atoms with van der Waals surface area (Å²) in [4.78, 5) is 15.3. The van der Waals surface area contributed by atoms with Gasteiger partial charge in [-0.1, -0.05) is 0 Å². The maximum absolute atomic E-state index is 11.7. The van der Waals surface area contributed by atoms with E-state index in [0.29, 0.717) is 12.1 Å². The first-order valence-corrected chi connectivity index (χ1v) is 6.37. The van der Waals surface area contributed by atoms with Crippen LogP contribution in [-0.4, -0.2) is 66.8 Å². The lowest BCUT2D eigenvalue weighted by molar-refractivity contribution is 0.149. The van der Waals surface area contributed by atoms with E-state index >= 15 is 0 Å². The van der Waals surface area contributed by atoms with Crippen LogP contribution in [0.15, 0.2) is 0 Å². The van der Waals surface area contributed by atoms with E-state index in [1.54, 1.807) is 19.0 Å². The SMILES string of the molecule is CC(CCO)NC1CCN(C(=O)N(C)C)CC1. The van der Waals surface area contributed by atoms with E-state index in [-0.39, 0.29) is 12.6 Å². The highest BCUT2D eigenvalue weighted by Gasteiger charge is 2.24. The van der Waals surface area contributed by atoms with Gasteiger partial charge in [0.25, 0.3) is 0 Å². The van der Waals surface area contributed by atoms with Crippen molar-refractivity contribution in [3.05, 3.63) is 0 Å². The summed E-state index contributed by atoms with van der Waals surface area (Å²) in [6.45, 7) is 3.96. The Morgan fingerprint density at radius 1 is 1.47 bits per heavy atom. The Bertz CT molecular complexity index is 238. The molecule has 0 radical (unpaired) electrons. The fourth-order valence-corrected chi connectivity index (χ4v) is 2.20. The van der Waals surface area contributed by atoms with E-state index < -0.39 is 0 Å². The van der Waals surface area contributed by atoms with Gasteiger partial charge in [0.05, 0.1) is 0 Å². The molecule has 5 nitrogen and oxygen atoms in total. The summed E-state index contributed by atoms with van der Waals surface area (Å²) in [5.41, 5.74) is 0. The number of rotatable bonds is 4. The lowest BCUT2D eigenvalue weighted by Crippen LogP contribution is -2.49. The van der Waals surface area contributed by atoms with Crippen molar-refractivity contribution in [2.45, 2.75) is 38.3 Å². The normalized spacial score (nSPS) is 19.2. The summed E-state index contributed by atoms with van der Waals surface area (Å²) >= 11 is 0. The number of urea groups is 1. The maximum Gasteiger partial charge on any atom is 0.319 e. The highest BCUT2D eigenvalue weighted by molar-refractivity contribution is 5.73. The molecular formula is C12H25N3O2. The van der Waals surface area contributed by atoms with Crippen molar-refractivity contribution in [1.82, 2.24) is 15.1 Å². The average molecular weight is 243 g/mol. The summed E-state index contributed by atoms with van der Waals surface area (Å²) in [7, 11) is 3.58. The monoisotopic (exact) mass is 243 g/mol. The Morgan fingerprint density at radius 3 is 2.53 bits per heavy atom. The standard InChI is InChI=1S/C12H25N3O2/c1-10(6-9-16)13-11-4-7-15(8-5-11)12(17)14(2)3/h10-11,13,16H,4-9H2,1-3H3. The van der Waals surface area contributed by atoms with Crippen molar-refractivity contribution in [3.63, 3.8) is 0 Å². The number of piperidine rings is 1. The molecule has 100 valence electrons. The van der Waals surface area contributed by atoms with Crippen LogP contribution in [0, 0.1) is 0 Å². The summed E-state index contributed by atoms with van der Waals surface area (Å²) in [6, 6.07) is 0.927. The second kappa shape index (κ2) is 6.81. The number of carbonyl (C=O) groups is 1. The molecule has 1 rings (SSSR count). The molecule has 0 spiro atoms. The first kappa shape index (κ1) is 14.3. The van der Waals surface area contributed by atoms with Crippen molar-refractivity contribution in [1.29, 1.82) is 0 Å². The van der Waals surface area contributed by atoms with Crippen LogP contribution in [0.5, 0.6) is 0 Å². The smallest absolute Gasteiger partial charge is 0.319 e. The molecule has 2 amide bonds. The second-order valence-electron chi connectivity index (χ2n) is 5.02. The molecule has 0 aromatic rings. The van der Waals surface area contributed by atoms with Crippen LogP contribution in [0.3, 0.4) is 0 Å². The van der Waals surface area contributed by atoms with E-state index in [2.05, 4.69) is 12.2 Å². The van der Waals surface area contributed by atoms with Crippen molar-refractivity contribution >= 4 is 6.03 Å². The van der Waals surface area contributed by atoms with Gasteiger partial charge < -0.3 is 20.2 Å². The minimum atomic E-state index is 0.104. The summed E-state index contributed by atoms with van der Waals surface area (Å²) in [5.74, 6) is 0. The van der Waals surface area contributed by atoms with Gasteiger partial charge in [0, 0.05) is 45.9 Å². The zero-order chi connectivity index (χ0) is 12.8. The third-order valence-electron chi connectivity index (χ3n) is 3.23. The molecule has 17 heavy (non-hydrogen) atoms. The fourth-order valence-electron chi connectivity index (χ4n) is 2.20. The summed E-state index contributed by atoms with van der Waals surface area (Å²) in [5, 5.41) is 12.3. The van der Waals surface area contributed by atoms with E-state index in [4.69, 9.17) is 5.11 Å². The van der Waals surface area contributed by atoms with Gasteiger partial charge in [-0.15, -0.1) is 0 Å². The number of hydrogen-bond acceptors (Lipinski definition) is 3. The van der Waals surface area contributed by atoms with Gasteiger partial charge in [-0.05, 0) is 26.2 Å². The van der Waals surface area contributed by atoms with Crippen LogP contribution in [0.1, 0.15) is 26.2 Å². The molecule has 0 aromatic heterocycles. The minimum absolute atomic E-state index is 0.104. The van der Waals surface area contributed by atoms with Gasteiger partial charge in [0.15, 0.2) is 0 Å². The molecule has 2 N–H and O–H groups in total.